The van der Waals surface area contributed by atoms with E-state index in [0.29, 0.717) is 11.5 Å². The van der Waals surface area contributed by atoms with Crippen LogP contribution in [0.1, 0.15) is 5.89 Å². The summed E-state index contributed by atoms with van der Waals surface area (Å²) in [6.07, 6.45) is 2.67. The minimum Gasteiger partial charge on any atom is -0.481 e. The van der Waals surface area contributed by atoms with Gasteiger partial charge < -0.3 is 13.9 Å². The second-order valence-corrected chi connectivity index (χ2v) is 2.67. The zero-order chi connectivity index (χ0) is 9.97. The van der Waals surface area contributed by atoms with Crippen molar-refractivity contribution in [2.75, 3.05) is 0 Å². The fraction of sp³-hybridized carbons (Fsp3) is 0.111. The van der Waals surface area contributed by atoms with Crippen LogP contribution < -0.4 is 0 Å². The lowest BCUT2D eigenvalue weighted by molar-refractivity contribution is -0.136. The van der Waals surface area contributed by atoms with Crippen LogP contribution in [0.3, 0.4) is 0 Å². The van der Waals surface area contributed by atoms with E-state index in [1.165, 1.54) is 12.5 Å². The Bertz CT molecular complexity index is 429. The molecule has 72 valence electrons. The minimum absolute atomic E-state index is 0.170. The molecule has 1 N–H and O–H groups in total. The van der Waals surface area contributed by atoms with Gasteiger partial charge in [0.2, 0.25) is 5.89 Å². The Morgan fingerprint density at radius 2 is 2.36 bits per heavy atom. The molecule has 0 aliphatic heterocycles. The second kappa shape index (κ2) is 3.37. The summed E-state index contributed by atoms with van der Waals surface area (Å²) < 4.78 is 10.0. The second-order valence-electron chi connectivity index (χ2n) is 2.67. The van der Waals surface area contributed by atoms with Crippen LogP contribution in [0.5, 0.6) is 0 Å². The predicted molar refractivity (Wildman–Crippen MR) is 45.5 cm³/mol. The minimum atomic E-state index is -0.974. The number of rotatable bonds is 3. The van der Waals surface area contributed by atoms with Crippen molar-refractivity contribution in [1.29, 1.82) is 0 Å². The molecule has 0 fully saturated rings. The van der Waals surface area contributed by atoms with E-state index in [1.54, 1.807) is 12.1 Å². The summed E-state index contributed by atoms with van der Waals surface area (Å²) >= 11 is 0. The van der Waals surface area contributed by atoms with Gasteiger partial charge in [-0.25, -0.2) is 4.98 Å². The normalized spacial score (nSPS) is 10.3. The molecule has 2 aromatic heterocycles. The number of carboxylic acid groups (broad SMARTS) is 1. The van der Waals surface area contributed by atoms with Gasteiger partial charge in [0.1, 0.15) is 18.4 Å². The smallest absolute Gasteiger partial charge is 0.312 e. The van der Waals surface area contributed by atoms with E-state index in [-0.39, 0.29) is 12.3 Å². The first kappa shape index (κ1) is 8.55. The van der Waals surface area contributed by atoms with Gasteiger partial charge in [0.15, 0.2) is 5.76 Å². The molecular formula is C9H7NO4. The van der Waals surface area contributed by atoms with Gasteiger partial charge in [0, 0.05) is 0 Å². The SMILES string of the molecule is O=C(O)Cc1nc(-c2ccco2)co1. The molecule has 5 nitrogen and oxygen atoms in total. The molecule has 0 amide bonds. The van der Waals surface area contributed by atoms with Crippen LogP contribution in [0.15, 0.2) is 33.5 Å². The molecular weight excluding hydrogens is 186 g/mol. The summed E-state index contributed by atoms with van der Waals surface area (Å²) in [6, 6.07) is 3.45. The molecule has 0 aliphatic rings. The van der Waals surface area contributed by atoms with Gasteiger partial charge in [0.05, 0.1) is 6.26 Å². The summed E-state index contributed by atoms with van der Waals surface area (Å²) in [5, 5.41) is 8.48. The molecule has 0 atom stereocenters. The first-order valence-electron chi connectivity index (χ1n) is 3.96. The van der Waals surface area contributed by atoms with E-state index in [1.807, 2.05) is 0 Å². The third kappa shape index (κ3) is 1.66. The van der Waals surface area contributed by atoms with Gasteiger partial charge >= 0.3 is 5.97 Å². The van der Waals surface area contributed by atoms with Gasteiger partial charge in [-0.2, -0.15) is 0 Å². The number of hydrogen-bond donors (Lipinski definition) is 1. The maximum Gasteiger partial charge on any atom is 0.312 e. The van der Waals surface area contributed by atoms with Crippen LogP contribution in [-0.2, 0) is 11.2 Å². The molecule has 2 aromatic rings. The summed E-state index contributed by atoms with van der Waals surface area (Å²) in [6.45, 7) is 0. The van der Waals surface area contributed by atoms with E-state index in [4.69, 9.17) is 13.9 Å². The van der Waals surface area contributed by atoms with Crippen molar-refractivity contribution >= 4 is 5.97 Å². The average molecular weight is 193 g/mol. The van der Waals surface area contributed by atoms with E-state index < -0.39 is 5.97 Å². The first-order chi connectivity index (χ1) is 6.75. The van der Waals surface area contributed by atoms with Crippen LogP contribution in [0.4, 0.5) is 0 Å². The first-order valence-corrected chi connectivity index (χ1v) is 3.96. The molecule has 0 unspecified atom stereocenters. The predicted octanol–water partition coefficient (Wildman–Crippen LogP) is 1.56. The standard InChI is InChI=1S/C9H7NO4/c11-9(12)4-8-10-6(5-14-8)7-2-1-3-13-7/h1-3,5H,4H2,(H,11,12). The number of carboxylic acids is 1. The Morgan fingerprint density at radius 3 is 3.00 bits per heavy atom. The molecule has 2 heterocycles. The van der Waals surface area contributed by atoms with Crippen molar-refractivity contribution in [2.45, 2.75) is 6.42 Å². The third-order valence-electron chi connectivity index (χ3n) is 1.63. The molecule has 0 aromatic carbocycles. The summed E-state index contributed by atoms with van der Waals surface area (Å²) in [4.78, 5) is 14.3. The van der Waals surface area contributed by atoms with E-state index in [2.05, 4.69) is 4.98 Å². The zero-order valence-corrected chi connectivity index (χ0v) is 7.14. The van der Waals surface area contributed by atoms with E-state index >= 15 is 0 Å². The van der Waals surface area contributed by atoms with Gasteiger partial charge in [-0.05, 0) is 12.1 Å². The van der Waals surface area contributed by atoms with Crippen LogP contribution >= 0.6 is 0 Å². The summed E-state index contributed by atoms with van der Waals surface area (Å²) in [5.74, 6) is -0.243. The highest BCUT2D eigenvalue weighted by Gasteiger charge is 2.10. The van der Waals surface area contributed by atoms with Crippen LogP contribution in [0.2, 0.25) is 0 Å². The lowest BCUT2D eigenvalue weighted by Gasteiger charge is -1.86. The number of nitrogens with zero attached hydrogens (tertiary/aromatic N) is 1. The quantitative estimate of drug-likeness (QED) is 0.800. The molecule has 0 saturated carbocycles. The highest BCUT2D eigenvalue weighted by atomic mass is 16.4. The molecule has 0 bridgehead atoms. The third-order valence-corrected chi connectivity index (χ3v) is 1.63. The Morgan fingerprint density at radius 1 is 1.50 bits per heavy atom. The molecule has 0 spiro atoms. The van der Waals surface area contributed by atoms with Crippen molar-refractivity contribution < 1.29 is 18.7 Å². The fourth-order valence-corrected chi connectivity index (χ4v) is 1.06. The average Bonchev–Trinajstić information content (AvgIpc) is 2.69. The van der Waals surface area contributed by atoms with Crippen molar-refractivity contribution in [3.63, 3.8) is 0 Å². The van der Waals surface area contributed by atoms with Crippen molar-refractivity contribution in [2.24, 2.45) is 0 Å². The molecule has 0 aliphatic carbocycles. The van der Waals surface area contributed by atoms with E-state index in [9.17, 15) is 4.79 Å². The number of furan rings is 1. The summed E-state index contributed by atoms with van der Waals surface area (Å²) in [7, 11) is 0. The van der Waals surface area contributed by atoms with Crippen molar-refractivity contribution in [3.8, 4) is 11.5 Å². The number of carbonyl (C=O) groups is 1. The van der Waals surface area contributed by atoms with Crippen LogP contribution in [0.25, 0.3) is 11.5 Å². The largest absolute Gasteiger partial charge is 0.481 e. The van der Waals surface area contributed by atoms with Crippen LogP contribution in [0, 0.1) is 0 Å². The van der Waals surface area contributed by atoms with E-state index in [0.717, 1.165) is 0 Å². The Labute approximate surface area is 79.0 Å². The maximum atomic E-state index is 10.3. The highest BCUT2D eigenvalue weighted by Crippen LogP contribution is 2.18. The molecule has 5 heteroatoms. The van der Waals surface area contributed by atoms with Gasteiger partial charge in [-0.1, -0.05) is 0 Å². The lowest BCUT2D eigenvalue weighted by Crippen LogP contribution is -1.99. The monoisotopic (exact) mass is 193 g/mol. The molecule has 14 heavy (non-hydrogen) atoms. The number of aliphatic carboxylic acids is 1. The Hall–Kier alpha value is -2.04. The lowest BCUT2D eigenvalue weighted by atomic mass is 10.3. The number of hydrogen-bond acceptors (Lipinski definition) is 4. The molecule has 0 saturated heterocycles. The topological polar surface area (TPSA) is 76.5 Å². The highest BCUT2D eigenvalue weighted by molar-refractivity contribution is 5.69. The van der Waals surface area contributed by atoms with Crippen molar-refractivity contribution in [3.05, 3.63) is 30.5 Å². The van der Waals surface area contributed by atoms with Gasteiger partial charge in [0.25, 0.3) is 0 Å². The summed E-state index contributed by atoms with van der Waals surface area (Å²) in [5.41, 5.74) is 0.506. The molecule has 2 rings (SSSR count). The molecule has 0 radical (unpaired) electrons. The maximum absolute atomic E-state index is 10.3. The Kier molecular flexibility index (Phi) is 2.06. The Balaban J connectivity index is 2.22. The fourth-order valence-electron chi connectivity index (χ4n) is 1.06. The van der Waals surface area contributed by atoms with Gasteiger partial charge in [-0.15, -0.1) is 0 Å². The number of aromatic nitrogens is 1. The van der Waals surface area contributed by atoms with Crippen LogP contribution in [-0.4, -0.2) is 16.1 Å². The van der Waals surface area contributed by atoms with Crippen molar-refractivity contribution in [1.82, 2.24) is 4.98 Å². The zero-order valence-electron chi connectivity index (χ0n) is 7.14. The number of oxazole rings is 1. The van der Waals surface area contributed by atoms with Gasteiger partial charge in [-0.3, -0.25) is 4.79 Å².